The van der Waals surface area contributed by atoms with E-state index in [4.69, 9.17) is 0 Å². The lowest BCUT2D eigenvalue weighted by Gasteiger charge is -2.13. The van der Waals surface area contributed by atoms with Crippen molar-refractivity contribution in [2.45, 2.75) is 38.1 Å². The molecule has 9 heteroatoms. The van der Waals surface area contributed by atoms with Gasteiger partial charge in [0, 0.05) is 29.1 Å². The van der Waals surface area contributed by atoms with E-state index in [1.807, 2.05) is 25.4 Å². The molecule has 2 unspecified atom stereocenters. The zero-order valence-corrected chi connectivity index (χ0v) is 17.5. The molecule has 0 spiro atoms. The Labute approximate surface area is 172 Å². The number of fused-ring (bicyclic) bond motifs is 1. The molecule has 0 saturated carbocycles. The van der Waals surface area contributed by atoms with E-state index in [1.54, 1.807) is 17.8 Å². The largest absolute Gasteiger partial charge is 0.480 e. The summed E-state index contributed by atoms with van der Waals surface area (Å²) in [4.78, 5) is 34.1. The fourth-order valence-corrected chi connectivity index (χ4v) is 4.58. The van der Waals surface area contributed by atoms with Crippen molar-refractivity contribution in [1.29, 1.82) is 0 Å². The van der Waals surface area contributed by atoms with Crippen molar-refractivity contribution in [3.05, 3.63) is 39.5 Å². The van der Waals surface area contributed by atoms with Crippen LogP contribution in [0, 0.1) is 6.92 Å². The summed E-state index contributed by atoms with van der Waals surface area (Å²) in [7, 11) is 0. The van der Waals surface area contributed by atoms with Gasteiger partial charge in [0.2, 0.25) is 0 Å². The minimum absolute atomic E-state index is 0.318. The van der Waals surface area contributed by atoms with Crippen molar-refractivity contribution in [3.8, 4) is 0 Å². The summed E-state index contributed by atoms with van der Waals surface area (Å²) in [5.74, 6) is 1.42. The molecule has 2 atom stereocenters. The van der Waals surface area contributed by atoms with Gasteiger partial charge in [0.25, 0.3) is 5.91 Å². The van der Waals surface area contributed by atoms with Crippen LogP contribution in [-0.2, 0) is 11.2 Å². The van der Waals surface area contributed by atoms with Crippen LogP contribution in [0.4, 0.5) is 5.82 Å². The lowest BCUT2D eigenvalue weighted by molar-refractivity contribution is -0.139. The maximum absolute atomic E-state index is 12.4. The number of anilines is 1. The quantitative estimate of drug-likeness (QED) is 0.573. The Kier molecular flexibility index (Phi) is 6.90. The van der Waals surface area contributed by atoms with Gasteiger partial charge in [-0.3, -0.25) is 4.79 Å². The number of hydrogen-bond acceptors (Lipinski definition) is 7. The topological polar surface area (TPSA) is 104 Å². The summed E-state index contributed by atoms with van der Waals surface area (Å²) in [6, 6.07) is 2.87. The summed E-state index contributed by atoms with van der Waals surface area (Å²) in [5.41, 5.74) is 1.15. The summed E-state index contributed by atoms with van der Waals surface area (Å²) in [6.07, 6.45) is 6.02. The van der Waals surface area contributed by atoms with Crippen LogP contribution < -0.4 is 10.6 Å². The summed E-state index contributed by atoms with van der Waals surface area (Å²) >= 11 is 2.99. The molecule has 1 aliphatic rings. The highest BCUT2D eigenvalue weighted by Crippen LogP contribution is 2.33. The highest BCUT2D eigenvalue weighted by Gasteiger charge is 2.24. The van der Waals surface area contributed by atoms with Crippen molar-refractivity contribution in [2.75, 3.05) is 23.9 Å². The van der Waals surface area contributed by atoms with Gasteiger partial charge in [-0.15, -0.1) is 11.3 Å². The third kappa shape index (κ3) is 5.02. The van der Waals surface area contributed by atoms with Crippen LogP contribution in [0.3, 0.4) is 0 Å². The van der Waals surface area contributed by atoms with E-state index in [9.17, 15) is 14.7 Å². The second kappa shape index (κ2) is 9.38. The molecule has 3 rings (SSSR count). The van der Waals surface area contributed by atoms with E-state index in [0.717, 1.165) is 41.5 Å². The number of carboxylic acids is 1. The van der Waals surface area contributed by atoms with Gasteiger partial charge < -0.3 is 15.7 Å². The SMILES string of the molecule is CSCCC(NC(=O)c1ccc(CCC2CNc3nc(C)ncc32)s1)C(=O)O. The first-order valence-corrected chi connectivity index (χ1v) is 11.4. The number of hydrogen-bond donors (Lipinski definition) is 3. The Balaban J connectivity index is 1.56. The standard InChI is InChI=1S/C19H24N4O3S2/c1-11-20-10-14-12(9-21-17(14)22-11)3-4-13-5-6-16(28-13)18(24)23-15(19(25)26)7-8-27-2/h5-6,10,12,15H,3-4,7-9H2,1-2H3,(H,23,24)(H,25,26)(H,20,21,22). The molecule has 0 saturated heterocycles. The monoisotopic (exact) mass is 420 g/mol. The van der Waals surface area contributed by atoms with Crippen LogP contribution in [0.2, 0.25) is 0 Å². The number of aromatic nitrogens is 2. The number of carboxylic acid groups (broad SMARTS) is 1. The molecule has 0 aromatic carbocycles. The van der Waals surface area contributed by atoms with Crippen LogP contribution in [-0.4, -0.2) is 51.5 Å². The number of nitrogens with zero attached hydrogens (tertiary/aromatic N) is 2. The zero-order valence-electron chi connectivity index (χ0n) is 15.9. The predicted octanol–water partition coefficient (Wildman–Crippen LogP) is 2.92. The molecule has 28 heavy (non-hydrogen) atoms. The van der Waals surface area contributed by atoms with Crippen molar-refractivity contribution < 1.29 is 14.7 Å². The molecule has 0 aliphatic carbocycles. The summed E-state index contributed by atoms with van der Waals surface area (Å²) < 4.78 is 0. The fourth-order valence-electron chi connectivity index (χ4n) is 3.18. The number of rotatable bonds is 9. The molecule has 0 radical (unpaired) electrons. The van der Waals surface area contributed by atoms with Gasteiger partial charge in [-0.1, -0.05) is 0 Å². The molecule has 3 N–H and O–H groups in total. The van der Waals surface area contributed by atoms with Crippen molar-refractivity contribution in [3.63, 3.8) is 0 Å². The lowest BCUT2D eigenvalue weighted by atomic mass is 9.98. The number of nitrogens with one attached hydrogen (secondary N) is 2. The number of carbonyl (C=O) groups is 2. The molecule has 0 fully saturated rings. The lowest BCUT2D eigenvalue weighted by Crippen LogP contribution is -2.40. The molecular formula is C19H24N4O3S2. The smallest absolute Gasteiger partial charge is 0.326 e. The van der Waals surface area contributed by atoms with E-state index >= 15 is 0 Å². The molecule has 2 aromatic heterocycles. The predicted molar refractivity (Wildman–Crippen MR) is 113 cm³/mol. The minimum atomic E-state index is -0.996. The van der Waals surface area contributed by atoms with Gasteiger partial charge in [0.15, 0.2) is 0 Å². The Morgan fingerprint density at radius 1 is 1.46 bits per heavy atom. The normalized spacial score (nSPS) is 16.3. The Bertz CT molecular complexity index is 855. The first kappa shape index (κ1) is 20.6. The van der Waals surface area contributed by atoms with Crippen LogP contribution >= 0.6 is 23.1 Å². The molecule has 1 aliphatic heterocycles. The first-order valence-electron chi connectivity index (χ1n) is 9.16. The molecular weight excluding hydrogens is 396 g/mol. The number of carbonyl (C=O) groups excluding carboxylic acids is 1. The Morgan fingerprint density at radius 3 is 3.04 bits per heavy atom. The number of aliphatic carboxylic acids is 1. The maximum Gasteiger partial charge on any atom is 0.326 e. The number of aryl methyl sites for hydroxylation is 2. The van der Waals surface area contributed by atoms with Gasteiger partial charge >= 0.3 is 5.97 Å². The van der Waals surface area contributed by atoms with Crippen LogP contribution in [0.25, 0.3) is 0 Å². The second-order valence-electron chi connectivity index (χ2n) is 6.75. The van der Waals surface area contributed by atoms with Gasteiger partial charge in [-0.25, -0.2) is 14.8 Å². The van der Waals surface area contributed by atoms with E-state index in [2.05, 4.69) is 20.6 Å². The van der Waals surface area contributed by atoms with E-state index in [-0.39, 0.29) is 5.91 Å². The van der Waals surface area contributed by atoms with E-state index in [1.165, 1.54) is 11.3 Å². The van der Waals surface area contributed by atoms with E-state index < -0.39 is 12.0 Å². The number of amides is 1. The number of thiophene rings is 1. The van der Waals surface area contributed by atoms with Crippen molar-refractivity contribution >= 4 is 40.8 Å². The maximum atomic E-state index is 12.4. The van der Waals surface area contributed by atoms with Crippen LogP contribution in [0.15, 0.2) is 18.3 Å². The average molecular weight is 421 g/mol. The third-order valence-electron chi connectivity index (χ3n) is 4.73. The summed E-state index contributed by atoms with van der Waals surface area (Å²) in [6.45, 7) is 2.73. The summed E-state index contributed by atoms with van der Waals surface area (Å²) in [5, 5.41) is 15.2. The highest BCUT2D eigenvalue weighted by molar-refractivity contribution is 7.98. The van der Waals surface area contributed by atoms with Crippen LogP contribution in [0.1, 0.15) is 44.7 Å². The minimum Gasteiger partial charge on any atom is -0.480 e. The van der Waals surface area contributed by atoms with E-state index in [0.29, 0.717) is 23.0 Å². The van der Waals surface area contributed by atoms with Gasteiger partial charge in [0.05, 0.1) is 4.88 Å². The molecule has 7 nitrogen and oxygen atoms in total. The second-order valence-corrected chi connectivity index (χ2v) is 8.90. The zero-order chi connectivity index (χ0) is 20.1. The average Bonchev–Trinajstić information content (AvgIpc) is 3.29. The molecule has 0 bridgehead atoms. The Morgan fingerprint density at radius 2 is 2.29 bits per heavy atom. The number of thioether (sulfide) groups is 1. The van der Waals surface area contributed by atoms with Gasteiger partial charge in [0.1, 0.15) is 17.7 Å². The highest BCUT2D eigenvalue weighted by atomic mass is 32.2. The third-order valence-corrected chi connectivity index (χ3v) is 6.52. The molecule has 3 heterocycles. The molecule has 1 amide bonds. The first-order chi connectivity index (χ1) is 13.5. The molecule has 2 aromatic rings. The van der Waals surface area contributed by atoms with Crippen molar-refractivity contribution in [1.82, 2.24) is 15.3 Å². The fraction of sp³-hybridized carbons (Fsp3) is 0.474. The van der Waals surface area contributed by atoms with Gasteiger partial charge in [-0.05, 0) is 50.3 Å². The van der Waals surface area contributed by atoms with Crippen LogP contribution in [0.5, 0.6) is 0 Å². The molecule has 150 valence electrons. The van der Waals surface area contributed by atoms with Gasteiger partial charge in [-0.2, -0.15) is 11.8 Å². The van der Waals surface area contributed by atoms with Crippen molar-refractivity contribution in [2.24, 2.45) is 0 Å². The Hall–Kier alpha value is -2.13.